The number of para-hydroxylation sites is 2. The van der Waals surface area contributed by atoms with E-state index in [1.807, 2.05) is 0 Å². The Morgan fingerprint density at radius 3 is 2.68 bits per heavy atom. The van der Waals surface area contributed by atoms with Crippen LogP contribution in [0.2, 0.25) is 0 Å². The smallest absolute Gasteiger partial charge is 0.310 e. The molecule has 1 aliphatic heterocycles. The Morgan fingerprint density at radius 2 is 1.95 bits per heavy atom. The molecule has 1 aromatic rings. The van der Waals surface area contributed by atoms with Gasteiger partial charge in [0, 0.05) is 19.2 Å². The SMILES string of the molecule is O=[N+]([O-])c1ccccc1OCCCCCN1CCC(O)CC1. The van der Waals surface area contributed by atoms with Gasteiger partial charge < -0.3 is 14.7 Å². The minimum atomic E-state index is -0.417. The molecule has 0 amide bonds. The summed E-state index contributed by atoms with van der Waals surface area (Å²) in [7, 11) is 0. The van der Waals surface area contributed by atoms with Gasteiger partial charge in [0.25, 0.3) is 0 Å². The first-order chi connectivity index (χ1) is 10.7. The molecule has 22 heavy (non-hydrogen) atoms. The lowest BCUT2D eigenvalue weighted by Crippen LogP contribution is -2.36. The normalized spacial score (nSPS) is 16.6. The Labute approximate surface area is 130 Å². The van der Waals surface area contributed by atoms with Crippen LogP contribution < -0.4 is 4.74 Å². The Hall–Kier alpha value is -1.66. The number of hydrogen-bond acceptors (Lipinski definition) is 5. The van der Waals surface area contributed by atoms with Gasteiger partial charge in [-0.3, -0.25) is 10.1 Å². The topological polar surface area (TPSA) is 75.8 Å². The van der Waals surface area contributed by atoms with Crippen molar-refractivity contribution in [1.29, 1.82) is 0 Å². The maximum Gasteiger partial charge on any atom is 0.310 e. The van der Waals surface area contributed by atoms with Crippen LogP contribution in [0.1, 0.15) is 32.1 Å². The maximum atomic E-state index is 10.9. The second kappa shape index (κ2) is 8.70. The summed E-state index contributed by atoms with van der Waals surface area (Å²) in [5.74, 6) is 0.345. The molecule has 0 atom stereocenters. The van der Waals surface area contributed by atoms with Crippen molar-refractivity contribution in [3.05, 3.63) is 34.4 Å². The lowest BCUT2D eigenvalue weighted by molar-refractivity contribution is -0.385. The summed E-state index contributed by atoms with van der Waals surface area (Å²) in [4.78, 5) is 12.8. The first-order valence-electron chi connectivity index (χ1n) is 7.93. The Balaban J connectivity index is 1.59. The largest absolute Gasteiger partial charge is 0.487 e. The van der Waals surface area contributed by atoms with E-state index in [1.54, 1.807) is 18.2 Å². The second-order valence-electron chi connectivity index (χ2n) is 5.71. The highest BCUT2D eigenvalue weighted by Crippen LogP contribution is 2.25. The van der Waals surface area contributed by atoms with E-state index in [2.05, 4.69) is 4.90 Å². The van der Waals surface area contributed by atoms with Gasteiger partial charge >= 0.3 is 5.69 Å². The van der Waals surface area contributed by atoms with E-state index in [0.717, 1.165) is 51.7 Å². The van der Waals surface area contributed by atoms with Crippen molar-refractivity contribution in [3.8, 4) is 5.75 Å². The molecule has 1 saturated heterocycles. The maximum absolute atomic E-state index is 10.9. The van der Waals surface area contributed by atoms with Crippen molar-refractivity contribution in [2.24, 2.45) is 0 Å². The zero-order chi connectivity index (χ0) is 15.8. The van der Waals surface area contributed by atoms with Crippen LogP contribution in [0, 0.1) is 10.1 Å². The molecule has 1 N–H and O–H groups in total. The molecule has 2 rings (SSSR count). The van der Waals surface area contributed by atoms with Crippen molar-refractivity contribution in [3.63, 3.8) is 0 Å². The average molecular weight is 308 g/mol. The fourth-order valence-corrected chi connectivity index (χ4v) is 2.67. The first kappa shape index (κ1) is 16.7. The molecule has 6 nitrogen and oxygen atoms in total. The van der Waals surface area contributed by atoms with E-state index in [4.69, 9.17) is 4.74 Å². The molecule has 1 aromatic carbocycles. The zero-order valence-electron chi connectivity index (χ0n) is 12.8. The number of nitrogens with zero attached hydrogens (tertiary/aromatic N) is 2. The van der Waals surface area contributed by atoms with Gasteiger partial charge in [0.2, 0.25) is 0 Å². The van der Waals surface area contributed by atoms with Crippen LogP contribution in [-0.4, -0.2) is 47.3 Å². The number of hydrogen-bond donors (Lipinski definition) is 1. The number of piperidine rings is 1. The molecule has 1 aliphatic rings. The molecule has 0 aromatic heterocycles. The first-order valence-corrected chi connectivity index (χ1v) is 7.93. The quantitative estimate of drug-likeness (QED) is 0.454. The minimum Gasteiger partial charge on any atom is -0.487 e. The fourth-order valence-electron chi connectivity index (χ4n) is 2.67. The Bertz CT molecular complexity index is 473. The van der Waals surface area contributed by atoms with E-state index < -0.39 is 4.92 Å². The van der Waals surface area contributed by atoms with Crippen LogP contribution in [-0.2, 0) is 0 Å². The van der Waals surface area contributed by atoms with Crippen LogP contribution >= 0.6 is 0 Å². The zero-order valence-corrected chi connectivity index (χ0v) is 12.8. The van der Waals surface area contributed by atoms with E-state index in [9.17, 15) is 15.2 Å². The van der Waals surface area contributed by atoms with Gasteiger partial charge in [-0.15, -0.1) is 0 Å². The fraction of sp³-hybridized carbons (Fsp3) is 0.625. The number of aliphatic hydroxyl groups excluding tert-OH is 1. The van der Waals surface area contributed by atoms with Crippen molar-refractivity contribution in [1.82, 2.24) is 4.90 Å². The summed E-state index contributed by atoms with van der Waals surface area (Å²) in [6.07, 6.45) is 4.66. The molecule has 1 heterocycles. The molecule has 0 spiro atoms. The standard InChI is InChI=1S/C16H24N2O4/c19-14-8-11-17(12-9-14)10-4-1-5-13-22-16-7-3-2-6-15(16)18(20)21/h2-3,6-7,14,19H,1,4-5,8-13H2. The lowest BCUT2D eigenvalue weighted by Gasteiger charge is -2.29. The summed E-state index contributed by atoms with van der Waals surface area (Å²) in [6.45, 7) is 3.52. The molecule has 0 unspecified atom stereocenters. The summed E-state index contributed by atoms with van der Waals surface area (Å²) in [5.41, 5.74) is 0.0226. The number of likely N-dealkylation sites (tertiary alicyclic amines) is 1. The third kappa shape index (κ3) is 5.27. The Morgan fingerprint density at radius 1 is 1.23 bits per heavy atom. The van der Waals surface area contributed by atoms with Crippen LogP contribution in [0.15, 0.2) is 24.3 Å². The van der Waals surface area contributed by atoms with Crippen LogP contribution in [0.5, 0.6) is 5.75 Å². The van der Waals surface area contributed by atoms with E-state index >= 15 is 0 Å². The van der Waals surface area contributed by atoms with Gasteiger partial charge in [-0.1, -0.05) is 12.1 Å². The van der Waals surface area contributed by atoms with E-state index in [-0.39, 0.29) is 11.8 Å². The highest BCUT2D eigenvalue weighted by molar-refractivity contribution is 5.45. The number of unbranched alkanes of at least 4 members (excludes halogenated alkanes) is 2. The highest BCUT2D eigenvalue weighted by atomic mass is 16.6. The highest BCUT2D eigenvalue weighted by Gasteiger charge is 2.16. The number of nitro benzene ring substituents is 1. The van der Waals surface area contributed by atoms with Gasteiger partial charge in [-0.2, -0.15) is 0 Å². The van der Waals surface area contributed by atoms with Crippen LogP contribution in [0.3, 0.4) is 0 Å². The van der Waals surface area contributed by atoms with Gasteiger partial charge in [-0.25, -0.2) is 0 Å². The molecular formula is C16H24N2O4. The van der Waals surface area contributed by atoms with Crippen molar-refractivity contribution >= 4 is 5.69 Å². The number of ether oxygens (including phenoxy) is 1. The molecule has 1 fully saturated rings. The van der Waals surface area contributed by atoms with Crippen molar-refractivity contribution in [2.45, 2.75) is 38.2 Å². The molecule has 0 bridgehead atoms. The molecule has 0 radical (unpaired) electrons. The van der Waals surface area contributed by atoms with Crippen molar-refractivity contribution in [2.75, 3.05) is 26.2 Å². The molecular weight excluding hydrogens is 284 g/mol. The van der Waals surface area contributed by atoms with Crippen molar-refractivity contribution < 1.29 is 14.8 Å². The third-order valence-electron chi connectivity index (χ3n) is 4.00. The monoisotopic (exact) mass is 308 g/mol. The Kier molecular flexibility index (Phi) is 6.61. The number of aliphatic hydroxyl groups is 1. The van der Waals surface area contributed by atoms with Crippen LogP contribution in [0.25, 0.3) is 0 Å². The number of benzene rings is 1. The predicted molar refractivity (Wildman–Crippen MR) is 84.1 cm³/mol. The third-order valence-corrected chi connectivity index (χ3v) is 4.00. The molecule has 0 saturated carbocycles. The lowest BCUT2D eigenvalue weighted by atomic mass is 10.1. The van der Waals surface area contributed by atoms with E-state index in [1.165, 1.54) is 6.07 Å². The van der Waals surface area contributed by atoms with Gasteiger partial charge in [0.05, 0.1) is 17.6 Å². The molecule has 122 valence electrons. The van der Waals surface area contributed by atoms with Gasteiger partial charge in [0.1, 0.15) is 0 Å². The summed E-state index contributed by atoms with van der Waals surface area (Å²) in [6, 6.07) is 6.48. The summed E-state index contributed by atoms with van der Waals surface area (Å²) in [5, 5.41) is 20.3. The predicted octanol–water partition coefficient (Wildman–Crippen LogP) is 2.60. The summed E-state index contributed by atoms with van der Waals surface area (Å²) < 4.78 is 5.52. The van der Waals surface area contributed by atoms with Gasteiger partial charge in [0.15, 0.2) is 5.75 Å². The second-order valence-corrected chi connectivity index (χ2v) is 5.71. The molecule has 0 aliphatic carbocycles. The average Bonchev–Trinajstić information content (AvgIpc) is 2.52. The minimum absolute atomic E-state index is 0.0226. The number of nitro groups is 1. The van der Waals surface area contributed by atoms with Crippen LogP contribution in [0.4, 0.5) is 5.69 Å². The van der Waals surface area contributed by atoms with Gasteiger partial charge in [-0.05, 0) is 44.7 Å². The molecule has 6 heteroatoms. The number of rotatable bonds is 8. The van der Waals surface area contributed by atoms with E-state index in [0.29, 0.717) is 12.4 Å². The summed E-state index contributed by atoms with van der Waals surface area (Å²) >= 11 is 0.